The van der Waals surface area contributed by atoms with Gasteiger partial charge >= 0.3 is 6.09 Å². The van der Waals surface area contributed by atoms with Gasteiger partial charge in [-0.1, -0.05) is 91.0 Å². The minimum absolute atomic E-state index is 0.0138. The summed E-state index contributed by atoms with van der Waals surface area (Å²) in [6.45, 7) is 0.706. The van der Waals surface area contributed by atoms with Crippen LogP contribution in [0.3, 0.4) is 0 Å². The van der Waals surface area contributed by atoms with Crippen molar-refractivity contribution in [3.05, 3.63) is 138 Å². The van der Waals surface area contributed by atoms with Gasteiger partial charge in [-0.25, -0.2) is 13.2 Å². The number of rotatable bonds is 9. The van der Waals surface area contributed by atoms with E-state index < -0.39 is 16.1 Å². The number of nitrogens with zero attached hydrogens (tertiary/aromatic N) is 2. The zero-order valence-corrected chi connectivity index (χ0v) is 27.4. The highest BCUT2D eigenvalue weighted by Gasteiger charge is 2.27. The highest BCUT2D eigenvalue weighted by Crippen LogP contribution is 2.34. The van der Waals surface area contributed by atoms with E-state index in [2.05, 4.69) is 5.32 Å². The normalized spacial score (nSPS) is 12.6. The number of anilines is 2. The fourth-order valence-corrected chi connectivity index (χ4v) is 7.30. The van der Waals surface area contributed by atoms with Crippen LogP contribution in [-0.2, 0) is 39.0 Å². The van der Waals surface area contributed by atoms with Gasteiger partial charge in [0, 0.05) is 36.7 Å². The lowest BCUT2D eigenvalue weighted by Crippen LogP contribution is -2.36. The summed E-state index contributed by atoms with van der Waals surface area (Å²) in [5.74, 6) is -0.0874. The average molecular weight is 661 g/mol. The molecule has 2 amide bonds. The van der Waals surface area contributed by atoms with E-state index in [4.69, 9.17) is 10.1 Å². The quantitative estimate of drug-likeness (QED) is 0.133. The van der Waals surface area contributed by atoms with Crippen LogP contribution in [0.5, 0.6) is 0 Å². The Morgan fingerprint density at radius 1 is 0.875 bits per heavy atom. The Hall–Kier alpha value is -5.48. The van der Waals surface area contributed by atoms with Gasteiger partial charge in [-0.3, -0.25) is 19.8 Å². The molecule has 0 fully saturated rings. The minimum atomic E-state index is -3.83. The first-order valence-electron chi connectivity index (χ1n) is 15.8. The van der Waals surface area contributed by atoms with Crippen LogP contribution in [0, 0.1) is 5.41 Å². The standard InChI is InChI=1S/C38H36N4O5S/c1-41(48(45,46)35-15-7-12-29-11-5-6-14-33(29)35)32-21-22-34-31(25-32)13-8-24-42(34)36(43)23-18-27-16-19-30(20-17-27)37(39)40-38(44)47-26-28-9-3-2-4-10-28/h2-7,9-12,14-17,19-22,25H,8,13,18,23-24,26H2,1H3,(H2,39,40,44). The van der Waals surface area contributed by atoms with E-state index in [1.165, 1.54) is 4.31 Å². The first kappa shape index (κ1) is 32.5. The molecule has 9 nitrogen and oxygen atoms in total. The van der Waals surface area contributed by atoms with E-state index in [9.17, 15) is 18.0 Å². The Balaban J connectivity index is 1.06. The molecule has 1 heterocycles. The van der Waals surface area contributed by atoms with Crippen molar-refractivity contribution in [1.82, 2.24) is 5.32 Å². The first-order valence-corrected chi connectivity index (χ1v) is 17.2. The number of sulfonamides is 1. The molecule has 0 saturated heterocycles. The Bertz CT molecular complexity index is 2080. The Morgan fingerprint density at radius 2 is 1.60 bits per heavy atom. The number of hydrogen-bond donors (Lipinski definition) is 2. The summed E-state index contributed by atoms with van der Waals surface area (Å²) in [4.78, 5) is 27.6. The summed E-state index contributed by atoms with van der Waals surface area (Å²) in [6.07, 6.45) is 1.62. The largest absolute Gasteiger partial charge is 0.444 e. The van der Waals surface area contributed by atoms with Gasteiger partial charge in [-0.15, -0.1) is 0 Å². The van der Waals surface area contributed by atoms with Gasteiger partial charge < -0.3 is 9.64 Å². The number of ether oxygens (including phenoxy) is 1. The van der Waals surface area contributed by atoms with Crippen molar-refractivity contribution in [1.29, 1.82) is 5.41 Å². The number of amidine groups is 1. The molecule has 0 spiro atoms. The molecular formula is C38H36N4O5S. The van der Waals surface area contributed by atoms with Crippen LogP contribution in [-0.4, -0.2) is 39.8 Å². The van der Waals surface area contributed by atoms with Gasteiger partial charge in [0.1, 0.15) is 12.4 Å². The monoisotopic (exact) mass is 660 g/mol. The second kappa shape index (κ2) is 14.1. The number of fused-ring (bicyclic) bond motifs is 2. The molecule has 1 aliphatic rings. The summed E-state index contributed by atoms with van der Waals surface area (Å²) >= 11 is 0. The van der Waals surface area contributed by atoms with Gasteiger partial charge in [0.25, 0.3) is 10.0 Å². The molecule has 5 aromatic rings. The maximum atomic E-state index is 13.7. The summed E-state index contributed by atoms with van der Waals surface area (Å²) in [6, 6.07) is 34.6. The minimum Gasteiger partial charge on any atom is -0.444 e. The topological polar surface area (TPSA) is 120 Å². The van der Waals surface area contributed by atoms with E-state index in [-0.39, 0.29) is 29.7 Å². The summed E-state index contributed by atoms with van der Waals surface area (Å²) in [5, 5.41) is 12.2. The lowest BCUT2D eigenvalue weighted by atomic mass is 10.00. The second-order valence-electron chi connectivity index (χ2n) is 11.7. The fraction of sp³-hybridized carbons (Fsp3) is 0.184. The number of nitrogens with one attached hydrogen (secondary N) is 2. The zero-order valence-electron chi connectivity index (χ0n) is 26.6. The molecular weight excluding hydrogens is 625 g/mol. The molecule has 0 atom stereocenters. The highest BCUT2D eigenvalue weighted by molar-refractivity contribution is 7.93. The molecule has 0 aliphatic carbocycles. The summed E-state index contributed by atoms with van der Waals surface area (Å²) in [5.41, 5.74) is 4.59. The van der Waals surface area contributed by atoms with Crippen molar-refractivity contribution in [3.63, 3.8) is 0 Å². The van der Waals surface area contributed by atoms with Crippen molar-refractivity contribution < 1.29 is 22.7 Å². The molecule has 48 heavy (non-hydrogen) atoms. The second-order valence-corrected chi connectivity index (χ2v) is 13.6. The van der Waals surface area contributed by atoms with Crippen LogP contribution < -0.4 is 14.5 Å². The van der Waals surface area contributed by atoms with E-state index in [1.54, 1.807) is 42.3 Å². The van der Waals surface area contributed by atoms with Gasteiger partial charge in [0.2, 0.25) is 5.91 Å². The average Bonchev–Trinajstić information content (AvgIpc) is 3.12. The lowest BCUT2D eigenvalue weighted by Gasteiger charge is -2.31. The van der Waals surface area contributed by atoms with Crippen LogP contribution >= 0.6 is 0 Å². The number of carbonyl (C=O) groups is 2. The van der Waals surface area contributed by atoms with Crippen molar-refractivity contribution in [2.75, 3.05) is 22.8 Å². The third kappa shape index (κ3) is 7.08. The molecule has 0 bridgehead atoms. The molecule has 244 valence electrons. The third-order valence-corrected chi connectivity index (χ3v) is 10.4. The third-order valence-electron chi connectivity index (χ3n) is 8.54. The van der Waals surface area contributed by atoms with Crippen molar-refractivity contribution in [2.45, 2.75) is 37.2 Å². The van der Waals surface area contributed by atoms with Crippen molar-refractivity contribution >= 4 is 50.0 Å². The molecule has 1 aliphatic heterocycles. The van der Waals surface area contributed by atoms with Gasteiger partial charge in [-0.2, -0.15) is 0 Å². The van der Waals surface area contributed by atoms with Crippen LogP contribution in [0.4, 0.5) is 16.2 Å². The predicted molar refractivity (Wildman–Crippen MR) is 188 cm³/mol. The SMILES string of the molecule is CN(c1ccc2c(c1)CCCN2C(=O)CCc1ccc(C(=N)NC(=O)OCc2ccccc2)cc1)S(=O)(=O)c1cccc2ccccc12. The molecule has 0 unspecified atom stereocenters. The lowest BCUT2D eigenvalue weighted by molar-refractivity contribution is -0.118. The molecule has 0 aromatic heterocycles. The van der Waals surface area contributed by atoms with Crippen LogP contribution in [0.1, 0.15) is 35.1 Å². The molecule has 10 heteroatoms. The number of alkyl carbamates (subject to hydrolysis) is 1. The summed E-state index contributed by atoms with van der Waals surface area (Å²) in [7, 11) is -2.27. The van der Waals surface area contributed by atoms with E-state index >= 15 is 0 Å². The molecule has 0 saturated carbocycles. The Morgan fingerprint density at radius 3 is 2.40 bits per heavy atom. The maximum absolute atomic E-state index is 13.7. The Kier molecular flexibility index (Phi) is 9.54. The molecule has 6 rings (SSSR count). The van der Waals surface area contributed by atoms with Gasteiger partial charge in [-0.05, 0) is 65.6 Å². The van der Waals surface area contributed by atoms with E-state index in [0.717, 1.165) is 40.6 Å². The molecule has 2 N–H and O–H groups in total. The zero-order chi connectivity index (χ0) is 33.7. The van der Waals surface area contributed by atoms with Crippen molar-refractivity contribution in [3.8, 4) is 0 Å². The van der Waals surface area contributed by atoms with Crippen LogP contribution in [0.15, 0.2) is 120 Å². The number of carbonyl (C=O) groups excluding carboxylic acids is 2. The van der Waals surface area contributed by atoms with Crippen LogP contribution in [0.25, 0.3) is 10.8 Å². The van der Waals surface area contributed by atoms with E-state index in [0.29, 0.717) is 29.6 Å². The first-order chi connectivity index (χ1) is 23.2. The number of hydrogen-bond acceptors (Lipinski definition) is 6. The van der Waals surface area contributed by atoms with Gasteiger partial charge in [0.05, 0.1) is 10.6 Å². The number of aryl methyl sites for hydroxylation is 2. The fourth-order valence-electron chi connectivity index (χ4n) is 5.90. The van der Waals surface area contributed by atoms with Crippen molar-refractivity contribution in [2.24, 2.45) is 0 Å². The maximum Gasteiger partial charge on any atom is 0.413 e. The van der Waals surface area contributed by atoms with Crippen LogP contribution in [0.2, 0.25) is 0 Å². The van der Waals surface area contributed by atoms with E-state index in [1.807, 2.05) is 84.9 Å². The molecule has 0 radical (unpaired) electrons. The van der Waals surface area contributed by atoms with Gasteiger partial charge in [0.15, 0.2) is 0 Å². The highest BCUT2D eigenvalue weighted by atomic mass is 32.2. The smallest absolute Gasteiger partial charge is 0.413 e. The Labute approximate surface area is 280 Å². The molecule has 5 aromatic carbocycles. The number of benzene rings is 5. The predicted octanol–water partition coefficient (Wildman–Crippen LogP) is 6.83. The summed E-state index contributed by atoms with van der Waals surface area (Å²) < 4.78 is 33.9. The number of amides is 2.